The van der Waals surface area contributed by atoms with Gasteiger partial charge in [0.15, 0.2) is 0 Å². The molecule has 180 valence electrons. The summed E-state index contributed by atoms with van der Waals surface area (Å²) in [5.41, 5.74) is 3.93. The molecule has 0 aliphatic rings. The molecule has 0 saturated heterocycles. The van der Waals surface area contributed by atoms with Gasteiger partial charge in [-0.1, -0.05) is 89.6 Å². The number of unbranched alkanes of at least 4 members (excludes halogenated alkanes) is 10. The van der Waals surface area contributed by atoms with E-state index in [9.17, 15) is 24.6 Å². The number of aliphatic hydroxyl groups is 2. The van der Waals surface area contributed by atoms with Crippen LogP contribution in [0, 0.1) is 5.41 Å². The Morgan fingerprint density at radius 1 is 0.774 bits per heavy atom. The van der Waals surface area contributed by atoms with Gasteiger partial charge in [0.25, 0.3) is 0 Å². The van der Waals surface area contributed by atoms with Crippen molar-refractivity contribution in [2.24, 2.45) is 11.1 Å². The van der Waals surface area contributed by atoms with Crippen molar-refractivity contribution < 1.29 is 24.6 Å². The number of rotatable bonds is 20. The van der Waals surface area contributed by atoms with Gasteiger partial charge in [-0.15, -0.1) is 0 Å². The Morgan fingerprint density at radius 3 is 1.61 bits per heavy atom. The van der Waals surface area contributed by atoms with Crippen molar-refractivity contribution in [3.63, 3.8) is 0 Å². The molecule has 0 saturated carbocycles. The van der Waals surface area contributed by atoms with Gasteiger partial charge in [0.1, 0.15) is 24.3 Å². The van der Waals surface area contributed by atoms with Gasteiger partial charge in [0.2, 0.25) is 0 Å². The van der Waals surface area contributed by atoms with Crippen molar-refractivity contribution in [3.05, 3.63) is 12.2 Å². The summed E-state index contributed by atoms with van der Waals surface area (Å²) >= 11 is 0. The standard InChI is InChI=1S/C24H45NO5Si/c1-31(2,3)23(30)22(25)21(29)16-14-12-10-8-6-4-5-7-9-11-13-15-17-24(18-26,19-27)20-28/h14,16,18-23,29-30H,4-13,15,17,25H2,1-3H3/b16-14+/t21-,22-,23?/m1/s1. The normalized spacial score (nSPS) is 15.5. The summed E-state index contributed by atoms with van der Waals surface area (Å²) in [6.07, 6.45) is 16.4. The van der Waals surface area contributed by atoms with Gasteiger partial charge in [0, 0.05) is 0 Å². The maximum absolute atomic E-state index is 10.9. The fourth-order valence-corrected chi connectivity index (χ4v) is 4.85. The number of hydrogen-bond acceptors (Lipinski definition) is 6. The van der Waals surface area contributed by atoms with E-state index in [0.29, 0.717) is 25.3 Å². The van der Waals surface area contributed by atoms with Crippen LogP contribution in [-0.4, -0.2) is 55.0 Å². The summed E-state index contributed by atoms with van der Waals surface area (Å²) in [5, 5.41) is 20.3. The molecule has 0 aromatic rings. The number of carbonyl (C=O) groups excluding carboxylic acids is 3. The zero-order chi connectivity index (χ0) is 23.8. The number of carbonyl (C=O) groups is 3. The van der Waals surface area contributed by atoms with E-state index in [-0.39, 0.29) is 0 Å². The Kier molecular flexibility index (Phi) is 15.9. The average Bonchev–Trinajstić information content (AvgIpc) is 2.75. The molecule has 0 aromatic heterocycles. The van der Waals surface area contributed by atoms with Crippen LogP contribution < -0.4 is 5.73 Å². The summed E-state index contributed by atoms with van der Waals surface area (Å²) in [6, 6.07) is -0.620. The van der Waals surface area contributed by atoms with E-state index in [0.717, 1.165) is 44.9 Å². The Labute approximate surface area is 189 Å². The summed E-state index contributed by atoms with van der Waals surface area (Å²) in [5.74, 6) is 0. The van der Waals surface area contributed by atoms with E-state index in [1.54, 1.807) is 6.08 Å². The van der Waals surface area contributed by atoms with Crippen molar-refractivity contribution in [1.82, 2.24) is 0 Å². The van der Waals surface area contributed by atoms with Gasteiger partial charge < -0.3 is 30.3 Å². The van der Waals surface area contributed by atoms with Crippen molar-refractivity contribution in [1.29, 1.82) is 0 Å². The van der Waals surface area contributed by atoms with Crippen LogP contribution in [0.4, 0.5) is 0 Å². The number of allylic oxidation sites excluding steroid dienone is 1. The SMILES string of the molecule is C[Si](C)(C)C(O)[C@H](N)[C@H](O)/C=C/CCCCCCCCCCCCC(C=O)(C=O)C=O. The van der Waals surface area contributed by atoms with Crippen LogP contribution >= 0.6 is 0 Å². The maximum atomic E-state index is 10.9. The highest BCUT2D eigenvalue weighted by Gasteiger charge is 2.32. The molecule has 3 atom stereocenters. The van der Waals surface area contributed by atoms with E-state index < -0.39 is 31.4 Å². The van der Waals surface area contributed by atoms with Crippen LogP contribution in [0.5, 0.6) is 0 Å². The second kappa shape index (κ2) is 16.5. The molecular formula is C24H45NO5Si. The van der Waals surface area contributed by atoms with Gasteiger partial charge in [-0.05, 0) is 19.3 Å². The first-order valence-electron chi connectivity index (χ1n) is 11.8. The Bertz CT molecular complexity index is 511. The third-order valence-corrected chi connectivity index (χ3v) is 8.03. The molecule has 0 aliphatic heterocycles. The first-order valence-corrected chi connectivity index (χ1v) is 15.4. The minimum absolute atomic E-state index is 0.319. The van der Waals surface area contributed by atoms with Crippen LogP contribution in [0.3, 0.4) is 0 Å². The number of aldehydes is 3. The van der Waals surface area contributed by atoms with Gasteiger partial charge in [-0.2, -0.15) is 0 Å². The molecule has 0 fully saturated rings. The fraction of sp³-hybridized carbons (Fsp3) is 0.792. The lowest BCUT2D eigenvalue weighted by Crippen LogP contribution is -2.55. The first kappa shape index (κ1) is 29.8. The van der Waals surface area contributed by atoms with E-state index in [4.69, 9.17) is 5.73 Å². The van der Waals surface area contributed by atoms with E-state index >= 15 is 0 Å². The van der Waals surface area contributed by atoms with Crippen LogP contribution in [0.15, 0.2) is 12.2 Å². The molecule has 1 unspecified atom stereocenters. The Morgan fingerprint density at radius 2 is 1.19 bits per heavy atom. The van der Waals surface area contributed by atoms with Gasteiger partial charge in [-0.3, -0.25) is 0 Å². The molecule has 0 bridgehead atoms. The highest BCUT2D eigenvalue weighted by atomic mass is 28.3. The van der Waals surface area contributed by atoms with Crippen LogP contribution in [0.1, 0.15) is 77.0 Å². The van der Waals surface area contributed by atoms with E-state index in [1.165, 1.54) is 25.7 Å². The summed E-state index contributed by atoms with van der Waals surface area (Å²) in [7, 11) is -1.79. The first-order chi connectivity index (χ1) is 14.6. The predicted octanol–water partition coefficient (Wildman–Crippen LogP) is 3.73. The minimum Gasteiger partial charge on any atom is -0.395 e. The second-order valence-electron chi connectivity index (χ2n) is 9.85. The van der Waals surface area contributed by atoms with Crippen molar-refractivity contribution in [2.75, 3.05) is 0 Å². The van der Waals surface area contributed by atoms with E-state index in [2.05, 4.69) is 0 Å². The van der Waals surface area contributed by atoms with E-state index in [1.807, 2.05) is 25.7 Å². The van der Waals surface area contributed by atoms with Crippen molar-refractivity contribution in [2.45, 2.75) is 115 Å². The second-order valence-corrected chi connectivity index (χ2v) is 15.2. The average molecular weight is 456 g/mol. The molecule has 0 amide bonds. The van der Waals surface area contributed by atoms with Gasteiger partial charge in [-0.25, -0.2) is 0 Å². The zero-order valence-corrected chi connectivity index (χ0v) is 20.8. The summed E-state index contributed by atoms with van der Waals surface area (Å²) in [4.78, 5) is 32.6. The number of nitrogens with two attached hydrogens (primary N) is 1. The molecule has 31 heavy (non-hydrogen) atoms. The number of hydrogen-bond donors (Lipinski definition) is 3. The molecular weight excluding hydrogens is 410 g/mol. The third kappa shape index (κ3) is 13.1. The molecule has 0 aliphatic carbocycles. The third-order valence-electron chi connectivity index (χ3n) is 5.87. The fourth-order valence-electron chi connectivity index (χ4n) is 3.50. The lowest BCUT2D eigenvalue weighted by molar-refractivity contribution is -0.133. The van der Waals surface area contributed by atoms with Crippen LogP contribution in [0.25, 0.3) is 0 Å². The Balaban J connectivity index is 3.64. The Hall–Kier alpha value is -1.15. The lowest BCUT2D eigenvalue weighted by Gasteiger charge is -2.31. The highest BCUT2D eigenvalue weighted by Crippen LogP contribution is 2.19. The molecule has 4 N–H and O–H groups in total. The topological polar surface area (TPSA) is 118 Å². The van der Waals surface area contributed by atoms with Gasteiger partial charge in [0.05, 0.1) is 25.9 Å². The molecule has 0 aromatic carbocycles. The predicted molar refractivity (Wildman–Crippen MR) is 129 cm³/mol. The number of aliphatic hydroxyl groups excluding tert-OH is 2. The van der Waals surface area contributed by atoms with Crippen molar-refractivity contribution in [3.8, 4) is 0 Å². The largest absolute Gasteiger partial charge is 0.395 e. The summed E-state index contributed by atoms with van der Waals surface area (Å²) in [6.45, 7) is 6.12. The summed E-state index contributed by atoms with van der Waals surface area (Å²) < 4.78 is 0. The van der Waals surface area contributed by atoms with Crippen LogP contribution in [0.2, 0.25) is 19.6 Å². The highest BCUT2D eigenvalue weighted by molar-refractivity contribution is 6.77. The molecule has 6 nitrogen and oxygen atoms in total. The molecule has 7 heteroatoms. The van der Waals surface area contributed by atoms with Gasteiger partial charge >= 0.3 is 0 Å². The van der Waals surface area contributed by atoms with Crippen molar-refractivity contribution >= 4 is 26.9 Å². The molecule has 0 spiro atoms. The lowest BCUT2D eigenvalue weighted by atomic mass is 9.87. The molecule has 0 radical (unpaired) electrons. The maximum Gasteiger partial charge on any atom is 0.140 e. The van der Waals surface area contributed by atoms with Crippen LogP contribution in [-0.2, 0) is 14.4 Å². The minimum atomic E-state index is -1.79. The molecule has 0 heterocycles. The molecule has 0 rings (SSSR count). The quantitative estimate of drug-likeness (QED) is 0.0846. The smallest absolute Gasteiger partial charge is 0.140 e. The zero-order valence-electron chi connectivity index (χ0n) is 19.8. The monoisotopic (exact) mass is 455 g/mol.